The van der Waals surface area contributed by atoms with Crippen molar-refractivity contribution in [1.29, 1.82) is 0 Å². The monoisotopic (exact) mass is 269 g/mol. The third kappa shape index (κ3) is 4.22. The summed E-state index contributed by atoms with van der Waals surface area (Å²) in [6.07, 6.45) is 0.315. The van der Waals surface area contributed by atoms with Crippen LogP contribution in [0.3, 0.4) is 0 Å². The average Bonchev–Trinajstić information content (AvgIpc) is 2.18. The lowest BCUT2D eigenvalue weighted by atomic mass is 10.1. The predicted octanol–water partition coefficient (Wildman–Crippen LogP) is 4.56. The molecule has 0 unspecified atom stereocenters. The van der Waals surface area contributed by atoms with E-state index in [-0.39, 0.29) is 0 Å². The molecule has 1 aromatic rings. The Morgan fingerprint density at radius 3 is 2.50 bits per heavy atom. The fourth-order valence-corrected chi connectivity index (χ4v) is 1.98. The first-order chi connectivity index (χ1) is 8.23. The van der Waals surface area contributed by atoms with E-state index in [1.54, 1.807) is 0 Å². The van der Waals surface area contributed by atoms with Crippen LogP contribution in [-0.4, -0.2) is 11.7 Å². The van der Waals surface area contributed by atoms with Crippen molar-refractivity contribution in [2.45, 2.75) is 46.6 Å². The second-order valence-electron chi connectivity index (χ2n) is 5.26. The Morgan fingerprint density at radius 1 is 1.39 bits per heavy atom. The zero-order valence-corrected chi connectivity index (χ0v) is 12.3. The fraction of sp³-hybridized carbons (Fsp3) is 0.500. The quantitative estimate of drug-likeness (QED) is 0.855. The molecule has 0 fully saturated rings. The molecule has 0 radical (unpaired) electrons. The van der Waals surface area contributed by atoms with Crippen LogP contribution in [0.1, 0.15) is 38.8 Å². The summed E-state index contributed by atoms with van der Waals surface area (Å²) in [7, 11) is 0. The molecule has 0 aliphatic carbocycles. The molecule has 1 amide bonds. The van der Waals surface area contributed by atoms with Gasteiger partial charge in [0.25, 0.3) is 0 Å². The number of aryl methyl sites for hydroxylation is 2. The van der Waals surface area contributed by atoms with Gasteiger partial charge in [-0.05, 0) is 51.3 Å². The van der Waals surface area contributed by atoms with E-state index >= 15 is 0 Å². The van der Waals surface area contributed by atoms with Crippen molar-refractivity contribution < 1.29 is 9.53 Å². The van der Waals surface area contributed by atoms with Gasteiger partial charge in [-0.1, -0.05) is 24.6 Å². The molecule has 1 rings (SSSR count). The molecule has 0 aliphatic rings. The molecule has 0 atom stereocenters. The van der Waals surface area contributed by atoms with Gasteiger partial charge in [0.05, 0.1) is 10.7 Å². The minimum absolute atomic E-state index is 0.483. The highest BCUT2D eigenvalue weighted by Crippen LogP contribution is 2.28. The average molecular weight is 270 g/mol. The highest BCUT2D eigenvalue weighted by molar-refractivity contribution is 6.34. The van der Waals surface area contributed by atoms with Gasteiger partial charge in [0.1, 0.15) is 5.60 Å². The summed E-state index contributed by atoms with van der Waals surface area (Å²) in [5.74, 6) is 0. The number of anilines is 1. The van der Waals surface area contributed by atoms with Crippen molar-refractivity contribution in [3.8, 4) is 0 Å². The van der Waals surface area contributed by atoms with Crippen LogP contribution in [0, 0.1) is 6.92 Å². The molecule has 0 spiro atoms. The molecule has 0 bridgehead atoms. The van der Waals surface area contributed by atoms with E-state index in [0.29, 0.717) is 10.7 Å². The van der Waals surface area contributed by atoms with E-state index in [1.807, 2.05) is 46.8 Å². The Hall–Kier alpha value is -1.22. The molecule has 100 valence electrons. The number of amides is 1. The van der Waals surface area contributed by atoms with Crippen LogP contribution < -0.4 is 5.32 Å². The second kappa shape index (κ2) is 5.61. The molecule has 1 N–H and O–H groups in total. The van der Waals surface area contributed by atoms with Crippen LogP contribution in [0.25, 0.3) is 0 Å². The molecule has 0 aromatic heterocycles. The zero-order valence-electron chi connectivity index (χ0n) is 11.6. The molecule has 3 nitrogen and oxygen atoms in total. The van der Waals surface area contributed by atoms with E-state index in [4.69, 9.17) is 16.3 Å². The van der Waals surface area contributed by atoms with Crippen LogP contribution in [0.2, 0.25) is 5.02 Å². The first-order valence-corrected chi connectivity index (χ1v) is 6.39. The maximum absolute atomic E-state index is 11.7. The van der Waals surface area contributed by atoms with E-state index in [1.165, 1.54) is 0 Å². The summed E-state index contributed by atoms with van der Waals surface area (Å²) in [6.45, 7) is 9.46. The number of hydrogen-bond acceptors (Lipinski definition) is 2. The van der Waals surface area contributed by atoms with E-state index < -0.39 is 11.7 Å². The number of hydrogen-bond donors (Lipinski definition) is 1. The first-order valence-electron chi connectivity index (χ1n) is 6.02. The van der Waals surface area contributed by atoms with Crippen molar-refractivity contribution in [1.82, 2.24) is 0 Å². The Kier molecular flexibility index (Phi) is 4.63. The van der Waals surface area contributed by atoms with Gasteiger partial charge < -0.3 is 4.74 Å². The topological polar surface area (TPSA) is 38.3 Å². The summed E-state index contributed by atoms with van der Waals surface area (Å²) in [4.78, 5) is 11.7. The molecule has 0 aliphatic heterocycles. The molecular formula is C14H20ClNO2. The summed E-state index contributed by atoms with van der Waals surface area (Å²) in [5, 5.41) is 3.26. The van der Waals surface area contributed by atoms with Gasteiger partial charge in [0.15, 0.2) is 0 Å². The lowest BCUT2D eigenvalue weighted by Crippen LogP contribution is -2.27. The van der Waals surface area contributed by atoms with Crippen LogP contribution in [0.5, 0.6) is 0 Å². The summed E-state index contributed by atoms with van der Waals surface area (Å²) in [5.41, 5.74) is 2.20. The number of halogens is 1. The molecule has 18 heavy (non-hydrogen) atoms. The van der Waals surface area contributed by atoms with Gasteiger partial charge in [0, 0.05) is 0 Å². The van der Waals surface area contributed by atoms with Crippen LogP contribution in [0.4, 0.5) is 10.5 Å². The van der Waals surface area contributed by atoms with Crippen LogP contribution >= 0.6 is 11.6 Å². The highest BCUT2D eigenvalue weighted by atomic mass is 35.5. The third-order valence-corrected chi connectivity index (χ3v) is 2.62. The smallest absolute Gasteiger partial charge is 0.412 e. The van der Waals surface area contributed by atoms with Gasteiger partial charge in [-0.15, -0.1) is 0 Å². The Labute approximate surface area is 113 Å². The summed E-state index contributed by atoms with van der Waals surface area (Å²) >= 11 is 6.16. The van der Waals surface area contributed by atoms with Gasteiger partial charge in [-0.3, -0.25) is 5.32 Å². The minimum atomic E-state index is -0.520. The molecule has 0 saturated carbocycles. The first kappa shape index (κ1) is 14.8. The number of ether oxygens (including phenoxy) is 1. The predicted molar refractivity (Wildman–Crippen MR) is 75.4 cm³/mol. The number of carbonyl (C=O) groups excluding carboxylic acids is 1. The Bertz CT molecular complexity index is 450. The highest BCUT2D eigenvalue weighted by Gasteiger charge is 2.18. The van der Waals surface area contributed by atoms with E-state index in [2.05, 4.69) is 5.32 Å². The maximum Gasteiger partial charge on any atom is 0.412 e. The standard InChI is InChI=1S/C14H20ClNO2/c1-6-10-7-9(2)8-11(15)12(10)16-13(17)18-14(3,4)5/h7-8H,6H2,1-5H3,(H,16,17). The van der Waals surface area contributed by atoms with Crippen molar-refractivity contribution in [2.24, 2.45) is 0 Å². The number of rotatable bonds is 2. The zero-order chi connectivity index (χ0) is 13.9. The van der Waals surface area contributed by atoms with Crippen molar-refractivity contribution in [3.05, 3.63) is 28.3 Å². The van der Waals surface area contributed by atoms with E-state index in [0.717, 1.165) is 17.5 Å². The second-order valence-corrected chi connectivity index (χ2v) is 5.67. The lowest BCUT2D eigenvalue weighted by molar-refractivity contribution is 0.0636. The maximum atomic E-state index is 11.7. The Balaban J connectivity index is 2.94. The molecule has 1 aromatic carbocycles. The van der Waals surface area contributed by atoms with Crippen LogP contribution in [-0.2, 0) is 11.2 Å². The fourth-order valence-electron chi connectivity index (χ4n) is 1.64. The molecule has 0 heterocycles. The summed E-state index contributed by atoms with van der Waals surface area (Å²) in [6, 6.07) is 3.84. The number of carbonyl (C=O) groups is 1. The van der Waals surface area contributed by atoms with Crippen molar-refractivity contribution >= 4 is 23.4 Å². The minimum Gasteiger partial charge on any atom is -0.444 e. The van der Waals surface area contributed by atoms with Crippen molar-refractivity contribution in [3.63, 3.8) is 0 Å². The molecule has 0 saturated heterocycles. The lowest BCUT2D eigenvalue weighted by Gasteiger charge is -2.21. The number of nitrogens with one attached hydrogen (secondary N) is 1. The van der Waals surface area contributed by atoms with E-state index in [9.17, 15) is 4.79 Å². The molecule has 4 heteroatoms. The number of benzene rings is 1. The summed E-state index contributed by atoms with van der Waals surface area (Å²) < 4.78 is 5.22. The van der Waals surface area contributed by atoms with Gasteiger partial charge in [0.2, 0.25) is 0 Å². The molecular weight excluding hydrogens is 250 g/mol. The third-order valence-electron chi connectivity index (χ3n) is 2.32. The SMILES string of the molecule is CCc1cc(C)cc(Cl)c1NC(=O)OC(C)(C)C. The van der Waals surface area contributed by atoms with Crippen LogP contribution in [0.15, 0.2) is 12.1 Å². The van der Waals surface area contributed by atoms with Gasteiger partial charge in [-0.2, -0.15) is 0 Å². The normalized spacial score (nSPS) is 11.2. The van der Waals surface area contributed by atoms with Gasteiger partial charge in [-0.25, -0.2) is 4.79 Å². The largest absolute Gasteiger partial charge is 0.444 e. The van der Waals surface area contributed by atoms with Gasteiger partial charge >= 0.3 is 6.09 Å². The van der Waals surface area contributed by atoms with Crippen molar-refractivity contribution in [2.75, 3.05) is 5.32 Å². The Morgan fingerprint density at radius 2 is 2.00 bits per heavy atom.